The molecule has 0 saturated carbocycles. The number of nitrogens with one attached hydrogen (secondary N) is 1. The predicted octanol–water partition coefficient (Wildman–Crippen LogP) is 3.03. The van der Waals surface area contributed by atoms with E-state index in [0.29, 0.717) is 18.1 Å². The lowest BCUT2D eigenvalue weighted by molar-refractivity contribution is 0.561. The number of fused-ring (bicyclic) bond motifs is 1. The van der Waals surface area contributed by atoms with Crippen LogP contribution in [0, 0.1) is 13.8 Å². The molecule has 3 N–H and O–H groups in total. The summed E-state index contributed by atoms with van der Waals surface area (Å²) in [5.41, 5.74) is 10.3. The van der Waals surface area contributed by atoms with E-state index in [1.54, 1.807) is 6.20 Å². The number of pyridine rings is 1. The molecule has 0 aliphatic rings. The Bertz CT molecular complexity index is 764. The number of aromatic nitrogens is 2. The Hall–Kier alpha value is -2.56. The summed E-state index contributed by atoms with van der Waals surface area (Å²) in [5.74, 6) is 1.49. The molecule has 0 unspecified atom stereocenters. The predicted molar refractivity (Wildman–Crippen MR) is 79.5 cm³/mol. The number of benzene rings is 1. The highest BCUT2D eigenvalue weighted by atomic mass is 16.3. The molecule has 2 heterocycles. The summed E-state index contributed by atoms with van der Waals surface area (Å²) >= 11 is 0. The van der Waals surface area contributed by atoms with Gasteiger partial charge in [-0.15, -0.1) is 0 Å². The van der Waals surface area contributed by atoms with Crippen molar-refractivity contribution in [2.24, 2.45) is 0 Å². The van der Waals surface area contributed by atoms with Crippen molar-refractivity contribution in [1.82, 2.24) is 9.97 Å². The quantitative estimate of drug-likeness (QED) is 0.763. The van der Waals surface area contributed by atoms with Crippen molar-refractivity contribution in [2.75, 3.05) is 11.1 Å². The Labute approximate surface area is 116 Å². The molecule has 3 rings (SSSR count). The van der Waals surface area contributed by atoms with Gasteiger partial charge in [-0.3, -0.25) is 0 Å². The van der Waals surface area contributed by atoms with E-state index in [1.807, 2.05) is 38.1 Å². The van der Waals surface area contributed by atoms with E-state index >= 15 is 0 Å². The van der Waals surface area contributed by atoms with E-state index in [1.165, 1.54) is 0 Å². The second kappa shape index (κ2) is 4.85. The van der Waals surface area contributed by atoms with E-state index in [2.05, 4.69) is 15.3 Å². The second-order valence-corrected chi connectivity index (χ2v) is 4.81. The standard InChI is InChI=1S/C15H16N4O/c1-9-5-15(18-8-12(9)16)17-7-11-3-4-13-14(6-11)20-10(2)19-13/h3-6,8H,7,16H2,1-2H3,(H,17,18). The van der Waals surface area contributed by atoms with Crippen molar-refractivity contribution in [3.05, 3.63) is 47.5 Å². The van der Waals surface area contributed by atoms with Gasteiger partial charge in [0.15, 0.2) is 11.5 Å². The molecule has 0 radical (unpaired) electrons. The number of hydrogen-bond donors (Lipinski definition) is 2. The van der Waals surface area contributed by atoms with E-state index in [0.717, 1.165) is 28.0 Å². The van der Waals surface area contributed by atoms with Gasteiger partial charge >= 0.3 is 0 Å². The first-order valence-electron chi connectivity index (χ1n) is 6.44. The van der Waals surface area contributed by atoms with Gasteiger partial charge in [0.1, 0.15) is 11.3 Å². The lowest BCUT2D eigenvalue weighted by Gasteiger charge is -2.07. The highest BCUT2D eigenvalue weighted by molar-refractivity contribution is 5.73. The number of hydrogen-bond acceptors (Lipinski definition) is 5. The summed E-state index contributed by atoms with van der Waals surface area (Å²) < 4.78 is 5.52. The Morgan fingerprint density at radius 2 is 2.10 bits per heavy atom. The molecule has 0 bridgehead atoms. The first kappa shape index (κ1) is 12.5. The molecule has 0 aliphatic carbocycles. The number of nitrogens with zero attached hydrogens (tertiary/aromatic N) is 2. The Kier molecular flexibility index (Phi) is 3.02. The zero-order valence-corrected chi connectivity index (χ0v) is 11.5. The monoisotopic (exact) mass is 268 g/mol. The van der Waals surface area contributed by atoms with Crippen LogP contribution in [0.15, 0.2) is 34.9 Å². The molecule has 2 aromatic heterocycles. The van der Waals surface area contributed by atoms with Gasteiger partial charge in [0, 0.05) is 13.5 Å². The molecule has 0 saturated heterocycles. The van der Waals surface area contributed by atoms with Gasteiger partial charge in [0.25, 0.3) is 0 Å². The van der Waals surface area contributed by atoms with Crippen LogP contribution in [0.25, 0.3) is 11.1 Å². The van der Waals surface area contributed by atoms with Crippen molar-refractivity contribution in [3.8, 4) is 0 Å². The summed E-state index contributed by atoms with van der Waals surface area (Å²) in [4.78, 5) is 8.53. The fraction of sp³-hybridized carbons (Fsp3) is 0.200. The van der Waals surface area contributed by atoms with Crippen molar-refractivity contribution in [3.63, 3.8) is 0 Å². The molecule has 1 aromatic carbocycles. The van der Waals surface area contributed by atoms with Crippen LogP contribution in [-0.4, -0.2) is 9.97 Å². The van der Waals surface area contributed by atoms with Gasteiger partial charge in [-0.05, 0) is 36.2 Å². The summed E-state index contributed by atoms with van der Waals surface area (Å²) in [6.07, 6.45) is 1.67. The van der Waals surface area contributed by atoms with Gasteiger partial charge < -0.3 is 15.5 Å². The minimum absolute atomic E-state index is 0.673. The molecular formula is C15H16N4O. The first-order valence-corrected chi connectivity index (χ1v) is 6.44. The lowest BCUT2D eigenvalue weighted by atomic mass is 10.2. The van der Waals surface area contributed by atoms with E-state index in [9.17, 15) is 0 Å². The van der Waals surface area contributed by atoms with Gasteiger partial charge in [0.05, 0.1) is 11.9 Å². The van der Waals surface area contributed by atoms with Crippen molar-refractivity contribution >= 4 is 22.6 Å². The average Bonchev–Trinajstić information content (AvgIpc) is 2.79. The first-order chi connectivity index (χ1) is 9.61. The Balaban J connectivity index is 1.77. The molecule has 0 atom stereocenters. The number of nitrogen functional groups attached to an aromatic ring is 1. The molecule has 102 valence electrons. The van der Waals surface area contributed by atoms with Crippen LogP contribution >= 0.6 is 0 Å². The van der Waals surface area contributed by atoms with Gasteiger partial charge in [-0.25, -0.2) is 9.97 Å². The molecule has 20 heavy (non-hydrogen) atoms. The third-order valence-electron chi connectivity index (χ3n) is 3.18. The molecule has 0 aliphatic heterocycles. The maximum Gasteiger partial charge on any atom is 0.192 e. The van der Waals surface area contributed by atoms with Gasteiger partial charge in [0.2, 0.25) is 0 Å². The SMILES string of the molecule is Cc1nc2ccc(CNc3cc(C)c(N)cn3)cc2o1. The maximum absolute atomic E-state index is 5.75. The highest BCUT2D eigenvalue weighted by Gasteiger charge is 2.04. The Morgan fingerprint density at radius 3 is 2.90 bits per heavy atom. The summed E-state index contributed by atoms with van der Waals surface area (Å²) in [5, 5.41) is 3.27. The van der Waals surface area contributed by atoms with Crippen LogP contribution in [-0.2, 0) is 6.54 Å². The minimum Gasteiger partial charge on any atom is -0.441 e. The molecule has 5 nitrogen and oxygen atoms in total. The van der Waals surface area contributed by atoms with Crippen LogP contribution in [0.3, 0.4) is 0 Å². The smallest absolute Gasteiger partial charge is 0.192 e. The fourth-order valence-electron chi connectivity index (χ4n) is 2.05. The molecule has 3 aromatic rings. The summed E-state index contributed by atoms with van der Waals surface area (Å²) in [7, 11) is 0. The van der Waals surface area contributed by atoms with Crippen molar-refractivity contribution < 1.29 is 4.42 Å². The van der Waals surface area contributed by atoms with Gasteiger partial charge in [-0.2, -0.15) is 0 Å². The van der Waals surface area contributed by atoms with Crippen LogP contribution in [0.4, 0.5) is 11.5 Å². The largest absolute Gasteiger partial charge is 0.441 e. The molecule has 0 spiro atoms. The van der Waals surface area contributed by atoms with Crippen molar-refractivity contribution in [2.45, 2.75) is 20.4 Å². The number of aryl methyl sites for hydroxylation is 2. The zero-order chi connectivity index (χ0) is 14.1. The highest BCUT2D eigenvalue weighted by Crippen LogP contribution is 2.18. The van der Waals surface area contributed by atoms with Crippen LogP contribution in [0.5, 0.6) is 0 Å². The third kappa shape index (κ3) is 2.42. The molecular weight excluding hydrogens is 252 g/mol. The lowest BCUT2D eigenvalue weighted by Crippen LogP contribution is -2.02. The second-order valence-electron chi connectivity index (χ2n) is 4.81. The Morgan fingerprint density at radius 1 is 1.25 bits per heavy atom. The van der Waals surface area contributed by atoms with Crippen molar-refractivity contribution in [1.29, 1.82) is 0 Å². The van der Waals surface area contributed by atoms with Crippen LogP contribution in [0.2, 0.25) is 0 Å². The van der Waals surface area contributed by atoms with Gasteiger partial charge in [-0.1, -0.05) is 6.07 Å². The maximum atomic E-state index is 5.75. The molecule has 5 heteroatoms. The number of nitrogens with two attached hydrogens (primary N) is 1. The average molecular weight is 268 g/mol. The molecule has 0 fully saturated rings. The number of anilines is 2. The van der Waals surface area contributed by atoms with E-state index < -0.39 is 0 Å². The summed E-state index contributed by atoms with van der Waals surface area (Å²) in [6.45, 7) is 4.48. The number of rotatable bonds is 3. The van der Waals surface area contributed by atoms with E-state index in [4.69, 9.17) is 10.2 Å². The van der Waals surface area contributed by atoms with Crippen LogP contribution in [0.1, 0.15) is 17.0 Å². The normalized spacial score (nSPS) is 10.9. The van der Waals surface area contributed by atoms with E-state index in [-0.39, 0.29) is 0 Å². The van der Waals surface area contributed by atoms with Crippen LogP contribution < -0.4 is 11.1 Å². The number of oxazole rings is 1. The minimum atomic E-state index is 0.673. The topological polar surface area (TPSA) is 77.0 Å². The molecule has 0 amide bonds. The summed E-state index contributed by atoms with van der Waals surface area (Å²) in [6, 6.07) is 7.92. The fourth-order valence-corrected chi connectivity index (χ4v) is 2.05. The zero-order valence-electron chi connectivity index (χ0n) is 11.5. The third-order valence-corrected chi connectivity index (χ3v) is 3.18.